The summed E-state index contributed by atoms with van der Waals surface area (Å²) in [5.74, 6) is 0.452. The first kappa shape index (κ1) is 13.7. The van der Waals surface area contributed by atoms with Crippen LogP contribution in [0.3, 0.4) is 0 Å². The molecule has 1 heterocycles. The lowest BCUT2D eigenvalue weighted by atomic mass is 10.3. The molecule has 0 aliphatic carbocycles. The van der Waals surface area contributed by atoms with Crippen molar-refractivity contribution < 1.29 is 9.13 Å². The maximum absolute atomic E-state index is 13.6. The van der Waals surface area contributed by atoms with Gasteiger partial charge in [0.2, 0.25) is 11.8 Å². The fourth-order valence-corrected chi connectivity index (χ4v) is 1.84. The van der Waals surface area contributed by atoms with E-state index in [0.29, 0.717) is 18.4 Å². The van der Waals surface area contributed by atoms with E-state index in [-0.39, 0.29) is 5.75 Å². The second kappa shape index (κ2) is 5.97. The summed E-state index contributed by atoms with van der Waals surface area (Å²) in [4.78, 5) is 8.36. The molecule has 0 bridgehead atoms. The van der Waals surface area contributed by atoms with Crippen LogP contribution in [0.1, 0.15) is 12.6 Å². The molecule has 0 aliphatic heterocycles. The molecule has 2 rings (SSSR count). The van der Waals surface area contributed by atoms with Gasteiger partial charge in [0.05, 0.1) is 0 Å². The molecular weight excluding hydrogens is 313 g/mol. The van der Waals surface area contributed by atoms with Crippen molar-refractivity contribution in [3.8, 4) is 11.6 Å². The van der Waals surface area contributed by atoms with Gasteiger partial charge in [-0.1, -0.05) is 15.9 Å². The van der Waals surface area contributed by atoms with Crippen molar-refractivity contribution in [2.45, 2.75) is 13.8 Å². The van der Waals surface area contributed by atoms with Gasteiger partial charge in [0, 0.05) is 22.8 Å². The molecule has 0 fully saturated rings. The molecule has 1 aromatic heterocycles. The lowest BCUT2D eigenvalue weighted by molar-refractivity contribution is 0.426. The third kappa shape index (κ3) is 3.64. The first-order valence-electron chi connectivity index (χ1n) is 5.81. The van der Waals surface area contributed by atoms with Crippen LogP contribution in [0.2, 0.25) is 0 Å². The average molecular weight is 326 g/mol. The van der Waals surface area contributed by atoms with E-state index >= 15 is 0 Å². The zero-order valence-electron chi connectivity index (χ0n) is 10.6. The number of aromatic nitrogens is 2. The largest absolute Gasteiger partial charge is 0.436 e. The van der Waals surface area contributed by atoms with Crippen LogP contribution in [0, 0.1) is 12.7 Å². The predicted octanol–water partition coefficient (Wildman–Crippen LogP) is 3.91. The van der Waals surface area contributed by atoms with Crippen LogP contribution in [0.4, 0.5) is 10.3 Å². The number of halogens is 2. The lowest BCUT2D eigenvalue weighted by Crippen LogP contribution is -2.04. The molecule has 6 heteroatoms. The monoisotopic (exact) mass is 325 g/mol. The molecule has 0 saturated carbocycles. The maximum Gasteiger partial charge on any atom is 0.226 e. The summed E-state index contributed by atoms with van der Waals surface area (Å²) in [6, 6.07) is 6.15. The van der Waals surface area contributed by atoms with Gasteiger partial charge in [-0.25, -0.2) is 9.37 Å². The average Bonchev–Trinajstić information content (AvgIpc) is 2.33. The molecule has 2 aromatic rings. The molecule has 0 spiro atoms. The Bertz CT molecular complexity index is 592. The van der Waals surface area contributed by atoms with E-state index in [0.717, 1.165) is 10.2 Å². The van der Waals surface area contributed by atoms with Crippen LogP contribution >= 0.6 is 15.9 Å². The minimum Gasteiger partial charge on any atom is -0.436 e. The first-order valence-corrected chi connectivity index (χ1v) is 6.60. The highest BCUT2D eigenvalue weighted by Crippen LogP contribution is 2.27. The van der Waals surface area contributed by atoms with Crippen molar-refractivity contribution in [2.24, 2.45) is 0 Å². The number of aryl methyl sites for hydroxylation is 1. The third-order valence-electron chi connectivity index (χ3n) is 2.27. The zero-order chi connectivity index (χ0) is 13.8. The number of benzene rings is 1. The van der Waals surface area contributed by atoms with Crippen molar-refractivity contribution in [3.05, 3.63) is 40.2 Å². The molecule has 0 aliphatic rings. The van der Waals surface area contributed by atoms with Crippen LogP contribution in [-0.4, -0.2) is 16.5 Å². The quantitative estimate of drug-likeness (QED) is 0.925. The van der Waals surface area contributed by atoms with E-state index in [1.807, 2.05) is 13.8 Å². The summed E-state index contributed by atoms with van der Waals surface area (Å²) in [7, 11) is 0. The number of hydrogen-bond donors (Lipinski definition) is 1. The van der Waals surface area contributed by atoms with E-state index < -0.39 is 5.82 Å². The van der Waals surface area contributed by atoms with E-state index in [1.165, 1.54) is 6.07 Å². The van der Waals surface area contributed by atoms with Crippen molar-refractivity contribution in [2.75, 3.05) is 11.9 Å². The van der Waals surface area contributed by atoms with Gasteiger partial charge in [-0.3, -0.25) is 0 Å². The predicted molar refractivity (Wildman–Crippen MR) is 75.1 cm³/mol. The lowest BCUT2D eigenvalue weighted by Gasteiger charge is -2.09. The third-order valence-corrected chi connectivity index (χ3v) is 2.77. The number of ether oxygens (including phenoxy) is 1. The molecule has 19 heavy (non-hydrogen) atoms. The Balaban J connectivity index is 2.29. The van der Waals surface area contributed by atoms with Crippen LogP contribution in [0.5, 0.6) is 11.6 Å². The Kier molecular flexibility index (Phi) is 4.31. The first-order chi connectivity index (χ1) is 9.08. The number of nitrogens with one attached hydrogen (secondary N) is 1. The summed E-state index contributed by atoms with van der Waals surface area (Å²) < 4.78 is 19.8. The molecule has 4 nitrogen and oxygen atoms in total. The Labute approximate surface area is 119 Å². The van der Waals surface area contributed by atoms with Crippen LogP contribution in [0.25, 0.3) is 0 Å². The van der Waals surface area contributed by atoms with Gasteiger partial charge in [0.15, 0.2) is 11.6 Å². The Morgan fingerprint density at radius 2 is 2.11 bits per heavy atom. The number of rotatable bonds is 4. The van der Waals surface area contributed by atoms with Crippen molar-refractivity contribution >= 4 is 21.9 Å². The van der Waals surface area contributed by atoms with Crippen LogP contribution in [-0.2, 0) is 0 Å². The molecule has 100 valence electrons. The van der Waals surface area contributed by atoms with Crippen molar-refractivity contribution in [1.82, 2.24) is 9.97 Å². The summed E-state index contributed by atoms with van der Waals surface area (Å²) in [5, 5.41) is 3.00. The van der Waals surface area contributed by atoms with Gasteiger partial charge in [-0.2, -0.15) is 4.98 Å². The molecule has 0 atom stereocenters. The number of anilines is 1. The molecule has 0 saturated heterocycles. The normalized spacial score (nSPS) is 10.3. The standard InChI is InChI=1S/C13H13BrFN3O/c1-3-16-13-17-8(2)6-12(18-13)19-11-7-9(14)4-5-10(11)15/h4-7H,3H2,1-2H3,(H,16,17,18). The van der Waals surface area contributed by atoms with E-state index in [2.05, 4.69) is 31.2 Å². The Hall–Kier alpha value is -1.69. The zero-order valence-corrected chi connectivity index (χ0v) is 12.2. The number of nitrogens with zero attached hydrogens (tertiary/aromatic N) is 2. The van der Waals surface area contributed by atoms with Gasteiger partial charge in [-0.05, 0) is 32.0 Å². The van der Waals surface area contributed by atoms with Gasteiger partial charge < -0.3 is 10.1 Å². The summed E-state index contributed by atoms with van der Waals surface area (Å²) in [6.07, 6.45) is 0. The fourth-order valence-electron chi connectivity index (χ4n) is 1.50. The van der Waals surface area contributed by atoms with Crippen LogP contribution in [0.15, 0.2) is 28.7 Å². The fraction of sp³-hybridized carbons (Fsp3) is 0.231. The maximum atomic E-state index is 13.6. The minimum atomic E-state index is -0.440. The summed E-state index contributed by atoms with van der Waals surface area (Å²) in [5.41, 5.74) is 0.747. The van der Waals surface area contributed by atoms with E-state index in [9.17, 15) is 4.39 Å². The SMILES string of the molecule is CCNc1nc(C)cc(Oc2cc(Br)ccc2F)n1. The molecular formula is C13H13BrFN3O. The van der Waals surface area contributed by atoms with Gasteiger partial charge in [0.25, 0.3) is 0 Å². The molecule has 0 amide bonds. The van der Waals surface area contributed by atoms with E-state index in [4.69, 9.17) is 4.74 Å². The molecule has 0 radical (unpaired) electrons. The summed E-state index contributed by atoms with van der Waals surface area (Å²) in [6.45, 7) is 4.47. The number of hydrogen-bond acceptors (Lipinski definition) is 4. The van der Waals surface area contributed by atoms with Crippen molar-refractivity contribution in [1.29, 1.82) is 0 Å². The van der Waals surface area contributed by atoms with Crippen LogP contribution < -0.4 is 10.1 Å². The second-order valence-electron chi connectivity index (χ2n) is 3.88. The summed E-state index contributed by atoms with van der Waals surface area (Å²) >= 11 is 3.27. The van der Waals surface area contributed by atoms with E-state index in [1.54, 1.807) is 18.2 Å². The molecule has 0 unspecified atom stereocenters. The van der Waals surface area contributed by atoms with Gasteiger partial charge in [-0.15, -0.1) is 0 Å². The highest BCUT2D eigenvalue weighted by Gasteiger charge is 2.08. The minimum absolute atomic E-state index is 0.120. The Morgan fingerprint density at radius 1 is 1.32 bits per heavy atom. The Morgan fingerprint density at radius 3 is 2.84 bits per heavy atom. The second-order valence-corrected chi connectivity index (χ2v) is 4.79. The van der Waals surface area contributed by atoms with Crippen molar-refractivity contribution in [3.63, 3.8) is 0 Å². The molecule has 1 aromatic carbocycles. The smallest absolute Gasteiger partial charge is 0.226 e. The van der Waals surface area contributed by atoms with Gasteiger partial charge >= 0.3 is 0 Å². The van der Waals surface area contributed by atoms with Gasteiger partial charge in [0.1, 0.15) is 0 Å². The highest BCUT2D eigenvalue weighted by molar-refractivity contribution is 9.10. The topological polar surface area (TPSA) is 47.0 Å². The molecule has 1 N–H and O–H groups in total. The highest BCUT2D eigenvalue weighted by atomic mass is 79.9.